The number of amides is 2. The van der Waals surface area contributed by atoms with Crippen molar-refractivity contribution in [1.29, 1.82) is 0 Å². The molecule has 38 heavy (non-hydrogen) atoms. The number of aromatic nitrogens is 1. The van der Waals surface area contributed by atoms with Crippen LogP contribution in [0.3, 0.4) is 0 Å². The van der Waals surface area contributed by atoms with Gasteiger partial charge < -0.3 is 24.5 Å². The zero-order valence-electron chi connectivity index (χ0n) is 20.5. The van der Waals surface area contributed by atoms with Crippen molar-refractivity contribution >= 4 is 17.7 Å². The van der Waals surface area contributed by atoms with Gasteiger partial charge in [-0.25, -0.2) is 18.6 Å². The molecule has 1 heterocycles. The van der Waals surface area contributed by atoms with Crippen LogP contribution in [-0.2, 0) is 17.8 Å². The molecule has 3 aromatic carbocycles. The molecule has 196 valence electrons. The van der Waals surface area contributed by atoms with Crippen molar-refractivity contribution in [2.45, 2.75) is 19.9 Å². The van der Waals surface area contributed by atoms with E-state index in [0.717, 1.165) is 28.3 Å². The van der Waals surface area contributed by atoms with Crippen molar-refractivity contribution in [2.75, 3.05) is 18.5 Å². The average Bonchev–Trinajstić information content (AvgIpc) is 3.26. The minimum atomic E-state index is -1.25. The highest BCUT2D eigenvalue weighted by atomic mass is 19.1. The van der Waals surface area contributed by atoms with Crippen molar-refractivity contribution in [3.05, 3.63) is 101 Å². The number of anilines is 1. The number of hydrogen-bond acceptors (Lipinski definition) is 5. The number of urea groups is 1. The molecule has 0 aliphatic rings. The van der Waals surface area contributed by atoms with Crippen molar-refractivity contribution in [2.24, 2.45) is 0 Å². The summed E-state index contributed by atoms with van der Waals surface area (Å²) >= 11 is 0. The molecule has 0 radical (unpaired) electrons. The maximum atomic E-state index is 14.0. The zero-order chi connectivity index (χ0) is 27.1. The Kier molecular flexibility index (Phi) is 8.32. The van der Waals surface area contributed by atoms with Crippen LogP contribution < -0.4 is 10.1 Å². The first kappa shape index (κ1) is 26.3. The average molecular weight is 522 g/mol. The normalized spacial score (nSPS) is 10.7. The van der Waals surface area contributed by atoms with E-state index < -0.39 is 30.2 Å². The highest BCUT2D eigenvalue weighted by Gasteiger charge is 2.19. The first-order chi connectivity index (χ1) is 18.3. The minimum Gasteiger partial charge on any atom is -0.493 e. The van der Waals surface area contributed by atoms with Crippen molar-refractivity contribution < 1.29 is 32.6 Å². The maximum Gasteiger partial charge on any atom is 0.323 e. The van der Waals surface area contributed by atoms with Crippen LogP contribution in [0.15, 0.2) is 77.2 Å². The molecule has 0 aliphatic heterocycles. The molecule has 0 unspecified atom stereocenters. The summed E-state index contributed by atoms with van der Waals surface area (Å²) in [6.45, 7) is 1.44. The Hall–Kier alpha value is -4.73. The topological polar surface area (TPSA) is 105 Å². The number of halogens is 2. The summed E-state index contributed by atoms with van der Waals surface area (Å²) in [7, 11) is 0. The second kappa shape index (κ2) is 12.0. The number of nitrogens with one attached hydrogen (secondary N) is 1. The van der Waals surface area contributed by atoms with Crippen LogP contribution in [0.5, 0.6) is 5.75 Å². The van der Waals surface area contributed by atoms with Crippen LogP contribution in [0, 0.1) is 18.6 Å². The molecule has 0 fully saturated rings. The first-order valence-corrected chi connectivity index (χ1v) is 11.7. The standard InChI is InChI=1S/C28H25F2N3O5/c1-18-24(31-27(38-18)20-7-3-2-4-8-20)12-13-37-22-9-5-6-19(14-22)16-33(17-26(34)35)28(36)32-25-11-10-21(29)15-23(25)30/h2-11,14-15H,12-13,16-17H2,1H3,(H,32,36)(H,34,35). The molecule has 2 N–H and O–H groups in total. The second-order valence-electron chi connectivity index (χ2n) is 8.44. The van der Waals surface area contributed by atoms with Gasteiger partial charge in [0.05, 0.1) is 18.0 Å². The molecule has 8 nitrogen and oxygen atoms in total. The molecule has 1 aromatic heterocycles. The maximum absolute atomic E-state index is 14.0. The van der Waals surface area contributed by atoms with E-state index in [4.69, 9.17) is 9.15 Å². The number of rotatable bonds is 10. The summed E-state index contributed by atoms with van der Waals surface area (Å²) in [5, 5.41) is 11.5. The number of benzene rings is 3. The highest BCUT2D eigenvalue weighted by Crippen LogP contribution is 2.22. The summed E-state index contributed by atoms with van der Waals surface area (Å²) in [6, 6.07) is 18.3. The lowest BCUT2D eigenvalue weighted by molar-refractivity contribution is -0.137. The van der Waals surface area contributed by atoms with E-state index in [1.54, 1.807) is 24.3 Å². The molecule has 0 saturated heterocycles. The van der Waals surface area contributed by atoms with Gasteiger partial charge in [0.2, 0.25) is 5.89 Å². The molecule has 0 spiro atoms. The fourth-order valence-electron chi connectivity index (χ4n) is 3.73. The Balaban J connectivity index is 1.38. The predicted octanol–water partition coefficient (Wildman–Crippen LogP) is 5.67. The molecule has 10 heteroatoms. The zero-order valence-corrected chi connectivity index (χ0v) is 20.5. The molecule has 0 saturated carbocycles. The van der Waals surface area contributed by atoms with Gasteiger partial charge in [0, 0.05) is 24.6 Å². The lowest BCUT2D eigenvalue weighted by atomic mass is 10.2. The summed E-state index contributed by atoms with van der Waals surface area (Å²) < 4.78 is 38.8. The van der Waals surface area contributed by atoms with Crippen LogP contribution in [0.25, 0.3) is 11.5 Å². The minimum absolute atomic E-state index is 0.0824. The van der Waals surface area contributed by atoms with Gasteiger partial charge >= 0.3 is 12.0 Å². The Morgan fingerprint density at radius 1 is 1.05 bits per heavy atom. The van der Waals surface area contributed by atoms with Crippen LogP contribution in [0.4, 0.5) is 19.3 Å². The SMILES string of the molecule is Cc1oc(-c2ccccc2)nc1CCOc1cccc(CN(CC(=O)O)C(=O)Nc2ccc(F)cc2F)c1. The first-order valence-electron chi connectivity index (χ1n) is 11.7. The lowest BCUT2D eigenvalue weighted by Gasteiger charge is -2.22. The quantitative estimate of drug-likeness (QED) is 0.279. The molecular weight excluding hydrogens is 496 g/mol. The summed E-state index contributed by atoms with van der Waals surface area (Å²) in [5.41, 5.74) is 2.00. The molecule has 2 amide bonds. The van der Waals surface area contributed by atoms with E-state index in [0.29, 0.717) is 42.1 Å². The van der Waals surface area contributed by atoms with Gasteiger partial charge in [-0.05, 0) is 48.9 Å². The third kappa shape index (κ3) is 6.94. The van der Waals surface area contributed by atoms with Crippen LogP contribution in [0.2, 0.25) is 0 Å². The number of carbonyl (C=O) groups excluding carboxylic acids is 1. The van der Waals surface area contributed by atoms with Crippen molar-refractivity contribution in [3.63, 3.8) is 0 Å². The van der Waals surface area contributed by atoms with E-state index in [9.17, 15) is 23.5 Å². The Morgan fingerprint density at radius 2 is 1.84 bits per heavy atom. The van der Waals surface area contributed by atoms with E-state index in [2.05, 4.69) is 10.3 Å². The number of oxazole rings is 1. The fraction of sp³-hybridized carbons (Fsp3) is 0.179. The Bertz CT molecular complexity index is 1430. The molecule has 0 aliphatic carbocycles. The Labute approximate surface area is 217 Å². The van der Waals surface area contributed by atoms with Gasteiger partial charge in [-0.3, -0.25) is 4.79 Å². The van der Waals surface area contributed by atoms with Crippen LogP contribution >= 0.6 is 0 Å². The van der Waals surface area contributed by atoms with Crippen molar-refractivity contribution in [3.8, 4) is 17.2 Å². The van der Waals surface area contributed by atoms with Gasteiger partial charge in [-0.15, -0.1) is 0 Å². The summed E-state index contributed by atoms with van der Waals surface area (Å²) in [6.07, 6.45) is 0.503. The monoisotopic (exact) mass is 521 g/mol. The Morgan fingerprint density at radius 3 is 2.58 bits per heavy atom. The van der Waals surface area contributed by atoms with E-state index in [1.165, 1.54) is 0 Å². The summed E-state index contributed by atoms with van der Waals surface area (Å²) in [5.74, 6) is -1.25. The third-order valence-corrected chi connectivity index (χ3v) is 5.58. The molecule has 0 atom stereocenters. The van der Waals surface area contributed by atoms with Gasteiger partial charge in [-0.2, -0.15) is 0 Å². The highest BCUT2D eigenvalue weighted by molar-refractivity contribution is 5.91. The van der Waals surface area contributed by atoms with E-state index in [1.807, 2.05) is 37.3 Å². The van der Waals surface area contributed by atoms with Gasteiger partial charge in [0.15, 0.2) is 0 Å². The number of carboxylic acid groups (broad SMARTS) is 1. The predicted molar refractivity (Wildman–Crippen MR) is 136 cm³/mol. The van der Waals surface area contributed by atoms with Gasteiger partial charge in [-0.1, -0.05) is 30.3 Å². The van der Waals surface area contributed by atoms with Gasteiger partial charge in [0.1, 0.15) is 29.7 Å². The second-order valence-corrected chi connectivity index (χ2v) is 8.44. The lowest BCUT2D eigenvalue weighted by Crippen LogP contribution is -2.38. The molecule has 4 rings (SSSR count). The number of carbonyl (C=O) groups is 2. The number of carboxylic acids is 1. The number of nitrogens with zero attached hydrogens (tertiary/aromatic N) is 2. The fourth-order valence-corrected chi connectivity index (χ4v) is 3.73. The van der Waals surface area contributed by atoms with Gasteiger partial charge in [0.25, 0.3) is 0 Å². The molecular formula is C28H25F2N3O5. The smallest absolute Gasteiger partial charge is 0.323 e. The van der Waals surface area contributed by atoms with E-state index in [-0.39, 0.29) is 12.2 Å². The van der Waals surface area contributed by atoms with Crippen LogP contribution in [-0.4, -0.2) is 40.1 Å². The van der Waals surface area contributed by atoms with E-state index >= 15 is 0 Å². The number of aliphatic carboxylic acids is 1. The summed E-state index contributed by atoms with van der Waals surface area (Å²) in [4.78, 5) is 29.6. The largest absolute Gasteiger partial charge is 0.493 e. The third-order valence-electron chi connectivity index (χ3n) is 5.58. The number of ether oxygens (including phenoxy) is 1. The molecule has 4 aromatic rings. The van der Waals surface area contributed by atoms with Crippen molar-refractivity contribution in [1.82, 2.24) is 9.88 Å². The number of aryl methyl sites for hydroxylation is 1. The van der Waals surface area contributed by atoms with Crippen LogP contribution in [0.1, 0.15) is 17.0 Å². The molecule has 0 bridgehead atoms. The number of hydrogen-bond donors (Lipinski definition) is 2.